The van der Waals surface area contributed by atoms with Gasteiger partial charge in [-0.1, -0.05) is 24.3 Å². The second-order valence-electron chi connectivity index (χ2n) is 5.25. The van der Waals surface area contributed by atoms with E-state index < -0.39 is 4.92 Å². The zero-order chi connectivity index (χ0) is 16.4. The number of likely N-dealkylation sites (N-methyl/N-ethyl adjacent to an activating group) is 1. The summed E-state index contributed by atoms with van der Waals surface area (Å²) in [5.41, 5.74) is 2.22. The van der Waals surface area contributed by atoms with Crippen molar-refractivity contribution >= 4 is 23.4 Å². The van der Waals surface area contributed by atoms with Crippen LogP contribution in [0.4, 0.5) is 11.4 Å². The fourth-order valence-corrected chi connectivity index (χ4v) is 2.54. The molecule has 1 amide bonds. The third-order valence-electron chi connectivity index (χ3n) is 3.79. The molecule has 0 aromatic heterocycles. The number of hydrogen-bond acceptors (Lipinski definition) is 4. The van der Waals surface area contributed by atoms with E-state index in [0.717, 1.165) is 11.3 Å². The molecule has 1 atom stereocenters. The zero-order valence-electron chi connectivity index (χ0n) is 12.5. The number of carbonyl (C=O) groups is 1. The molecule has 3 rings (SSSR count). The molecule has 2 aromatic rings. The first-order valence-corrected chi connectivity index (χ1v) is 7.11. The molecule has 0 spiro atoms. The molecule has 0 radical (unpaired) electrons. The Bertz CT molecular complexity index is 787. The monoisotopic (exact) mass is 309 g/mol. The van der Waals surface area contributed by atoms with E-state index in [4.69, 9.17) is 0 Å². The van der Waals surface area contributed by atoms with Crippen molar-refractivity contribution in [3.8, 4) is 0 Å². The lowest BCUT2D eigenvalue weighted by atomic mass is 10.1. The number of nitro groups is 1. The van der Waals surface area contributed by atoms with Gasteiger partial charge in [0, 0.05) is 36.0 Å². The first-order valence-electron chi connectivity index (χ1n) is 7.11. The van der Waals surface area contributed by atoms with Crippen LogP contribution in [-0.4, -0.2) is 24.0 Å². The minimum absolute atomic E-state index is 0.0496. The van der Waals surface area contributed by atoms with Crippen molar-refractivity contribution in [1.82, 2.24) is 5.32 Å². The van der Waals surface area contributed by atoms with Gasteiger partial charge in [0.2, 0.25) is 0 Å². The summed E-state index contributed by atoms with van der Waals surface area (Å²) in [5, 5.41) is 13.8. The predicted octanol–water partition coefficient (Wildman–Crippen LogP) is 2.81. The smallest absolute Gasteiger partial charge is 0.270 e. The lowest BCUT2D eigenvalue weighted by molar-refractivity contribution is -0.384. The molecule has 0 bridgehead atoms. The quantitative estimate of drug-likeness (QED) is 0.699. The van der Waals surface area contributed by atoms with Crippen LogP contribution in [-0.2, 0) is 0 Å². The van der Waals surface area contributed by atoms with E-state index in [-0.39, 0.29) is 17.8 Å². The normalized spacial score (nSPS) is 15.9. The molecule has 0 aliphatic carbocycles. The average molecular weight is 309 g/mol. The van der Waals surface area contributed by atoms with Crippen LogP contribution in [0.5, 0.6) is 0 Å². The van der Waals surface area contributed by atoms with Gasteiger partial charge in [-0.3, -0.25) is 14.9 Å². The summed E-state index contributed by atoms with van der Waals surface area (Å²) < 4.78 is 0. The van der Waals surface area contributed by atoms with Crippen molar-refractivity contribution in [1.29, 1.82) is 0 Å². The van der Waals surface area contributed by atoms with Crippen LogP contribution >= 0.6 is 0 Å². The summed E-state index contributed by atoms with van der Waals surface area (Å²) in [7, 11) is 1.84. The van der Waals surface area contributed by atoms with Gasteiger partial charge in [0.05, 0.1) is 4.92 Å². The van der Waals surface area contributed by atoms with Crippen molar-refractivity contribution in [2.75, 3.05) is 11.9 Å². The Hall–Kier alpha value is -3.15. The van der Waals surface area contributed by atoms with E-state index in [1.807, 2.05) is 36.2 Å². The fraction of sp³-hybridized carbons (Fsp3) is 0.118. The van der Waals surface area contributed by atoms with Gasteiger partial charge in [0.25, 0.3) is 11.6 Å². The van der Waals surface area contributed by atoms with Crippen LogP contribution in [0.25, 0.3) is 6.08 Å². The maximum Gasteiger partial charge on any atom is 0.270 e. The highest BCUT2D eigenvalue weighted by Crippen LogP contribution is 2.30. The number of rotatable bonds is 3. The third-order valence-corrected chi connectivity index (χ3v) is 3.79. The summed E-state index contributed by atoms with van der Waals surface area (Å²) in [6.45, 7) is 0. The number of nitro benzene ring substituents is 1. The van der Waals surface area contributed by atoms with Gasteiger partial charge in [0.15, 0.2) is 0 Å². The molecule has 0 saturated carbocycles. The number of anilines is 1. The lowest BCUT2D eigenvalue weighted by Gasteiger charge is -2.32. The Kier molecular flexibility index (Phi) is 3.80. The summed E-state index contributed by atoms with van der Waals surface area (Å²) in [5.74, 6) is -0.169. The molecule has 23 heavy (non-hydrogen) atoms. The fourth-order valence-electron chi connectivity index (χ4n) is 2.54. The number of fused-ring (bicyclic) bond motifs is 1. The van der Waals surface area contributed by atoms with Crippen molar-refractivity contribution in [2.45, 2.75) is 6.17 Å². The topological polar surface area (TPSA) is 75.5 Å². The molecule has 1 aliphatic heterocycles. The summed E-state index contributed by atoms with van der Waals surface area (Å²) in [6.07, 6.45) is 3.29. The van der Waals surface area contributed by atoms with Gasteiger partial charge in [-0.2, -0.15) is 0 Å². The molecular formula is C17H15N3O3. The Morgan fingerprint density at radius 1 is 1.22 bits per heavy atom. The second-order valence-corrected chi connectivity index (χ2v) is 5.25. The Morgan fingerprint density at radius 2 is 1.96 bits per heavy atom. The van der Waals surface area contributed by atoms with Crippen LogP contribution in [0.2, 0.25) is 0 Å². The van der Waals surface area contributed by atoms with E-state index in [9.17, 15) is 14.9 Å². The van der Waals surface area contributed by atoms with Gasteiger partial charge in [-0.15, -0.1) is 0 Å². The van der Waals surface area contributed by atoms with Crippen molar-refractivity contribution < 1.29 is 9.72 Å². The molecule has 116 valence electrons. The van der Waals surface area contributed by atoms with Crippen LogP contribution in [0.3, 0.4) is 0 Å². The Balaban J connectivity index is 1.81. The summed E-state index contributed by atoms with van der Waals surface area (Å²) >= 11 is 0. The second kappa shape index (κ2) is 5.92. The molecule has 1 aliphatic rings. The molecule has 1 unspecified atom stereocenters. The number of carbonyl (C=O) groups excluding carboxylic acids is 1. The van der Waals surface area contributed by atoms with Gasteiger partial charge in [0.1, 0.15) is 6.17 Å². The number of nitrogens with zero attached hydrogens (tertiary/aromatic N) is 2. The third kappa shape index (κ3) is 2.91. The summed E-state index contributed by atoms with van der Waals surface area (Å²) in [6, 6.07) is 13.7. The average Bonchev–Trinajstić information content (AvgIpc) is 2.57. The van der Waals surface area contributed by atoms with E-state index in [2.05, 4.69) is 5.32 Å². The van der Waals surface area contributed by atoms with Gasteiger partial charge in [-0.25, -0.2) is 0 Å². The SMILES string of the molecule is CN1c2ccc([N+](=O)[O-])cc2C=CC1NC(=O)c1ccccc1. The lowest BCUT2D eigenvalue weighted by Crippen LogP contribution is -2.46. The Morgan fingerprint density at radius 3 is 2.65 bits per heavy atom. The summed E-state index contributed by atoms with van der Waals surface area (Å²) in [4.78, 5) is 24.6. The maximum atomic E-state index is 12.3. The van der Waals surface area contributed by atoms with E-state index in [0.29, 0.717) is 5.56 Å². The minimum Gasteiger partial charge on any atom is -0.351 e. The highest BCUT2D eigenvalue weighted by atomic mass is 16.6. The van der Waals surface area contributed by atoms with Gasteiger partial charge in [-0.05, 0) is 24.3 Å². The number of amides is 1. The highest BCUT2D eigenvalue weighted by Gasteiger charge is 2.22. The molecule has 6 nitrogen and oxygen atoms in total. The Labute approximate surface area is 133 Å². The first kappa shape index (κ1) is 14.8. The first-order chi connectivity index (χ1) is 11.1. The van der Waals surface area contributed by atoms with Crippen LogP contribution < -0.4 is 10.2 Å². The number of benzene rings is 2. The van der Waals surface area contributed by atoms with Crippen LogP contribution in [0.15, 0.2) is 54.6 Å². The van der Waals surface area contributed by atoms with E-state index >= 15 is 0 Å². The van der Waals surface area contributed by atoms with Crippen molar-refractivity contribution in [2.24, 2.45) is 0 Å². The number of non-ortho nitro benzene ring substituents is 1. The zero-order valence-corrected chi connectivity index (χ0v) is 12.5. The maximum absolute atomic E-state index is 12.3. The minimum atomic E-state index is -0.419. The predicted molar refractivity (Wildman–Crippen MR) is 88.2 cm³/mol. The molecular weight excluding hydrogens is 294 g/mol. The number of hydrogen-bond donors (Lipinski definition) is 1. The molecule has 0 saturated heterocycles. The molecule has 0 fully saturated rings. The molecule has 1 heterocycles. The van der Waals surface area contributed by atoms with Gasteiger partial charge >= 0.3 is 0 Å². The number of nitrogens with one attached hydrogen (secondary N) is 1. The molecule has 2 aromatic carbocycles. The van der Waals surface area contributed by atoms with Crippen molar-refractivity contribution in [3.63, 3.8) is 0 Å². The molecule has 1 N–H and O–H groups in total. The van der Waals surface area contributed by atoms with Crippen molar-refractivity contribution in [3.05, 3.63) is 75.8 Å². The largest absolute Gasteiger partial charge is 0.351 e. The van der Waals surface area contributed by atoms with E-state index in [1.54, 1.807) is 24.3 Å². The van der Waals surface area contributed by atoms with Gasteiger partial charge < -0.3 is 10.2 Å². The molecule has 6 heteroatoms. The standard InChI is InChI=1S/C17H15N3O3/c1-19-15-9-8-14(20(22)23)11-13(15)7-10-16(19)18-17(21)12-5-3-2-4-6-12/h2-11,16H,1H3,(H,18,21). The highest BCUT2D eigenvalue weighted by molar-refractivity contribution is 5.95. The van der Waals surface area contributed by atoms with Crippen LogP contribution in [0.1, 0.15) is 15.9 Å². The van der Waals surface area contributed by atoms with E-state index in [1.165, 1.54) is 12.1 Å². The van der Waals surface area contributed by atoms with Crippen LogP contribution in [0, 0.1) is 10.1 Å².